The predicted molar refractivity (Wildman–Crippen MR) is 151 cm³/mol. The van der Waals surface area contributed by atoms with Crippen molar-refractivity contribution < 1.29 is 18.4 Å². The van der Waals surface area contributed by atoms with Crippen LogP contribution < -0.4 is 5.32 Å². The lowest BCUT2D eigenvalue weighted by molar-refractivity contribution is -0.131. The highest BCUT2D eigenvalue weighted by Crippen LogP contribution is 2.38. The second-order valence-electron chi connectivity index (χ2n) is 10.7. The lowest BCUT2D eigenvalue weighted by Gasteiger charge is -2.28. The molecule has 206 valence electrons. The summed E-state index contributed by atoms with van der Waals surface area (Å²) in [4.78, 5) is 28.9. The number of carbonyl (C=O) groups excluding carboxylic acids is 2. The van der Waals surface area contributed by atoms with E-state index in [4.69, 9.17) is 4.42 Å². The number of furan rings is 1. The van der Waals surface area contributed by atoms with Crippen LogP contribution in [0, 0.1) is 5.82 Å². The Hall–Kier alpha value is -4.24. The maximum absolute atomic E-state index is 16.2. The summed E-state index contributed by atoms with van der Waals surface area (Å²) in [6, 6.07) is 13.4. The molecule has 2 amide bonds. The van der Waals surface area contributed by atoms with Crippen LogP contribution in [-0.4, -0.2) is 71.7 Å². The monoisotopic (exact) mass is 541 g/mol. The van der Waals surface area contributed by atoms with Crippen LogP contribution in [0.4, 0.5) is 4.39 Å². The van der Waals surface area contributed by atoms with Gasteiger partial charge in [-0.15, -0.1) is 0 Å². The molecule has 0 aliphatic carbocycles. The molecule has 1 N–H and O–H groups in total. The molecule has 0 spiro atoms. The van der Waals surface area contributed by atoms with E-state index in [1.54, 1.807) is 35.9 Å². The van der Waals surface area contributed by atoms with E-state index in [1.807, 2.05) is 30.5 Å². The van der Waals surface area contributed by atoms with Gasteiger partial charge < -0.3 is 19.5 Å². The average Bonchev–Trinajstić information content (AvgIpc) is 3.62. The van der Waals surface area contributed by atoms with Crippen molar-refractivity contribution in [1.29, 1.82) is 0 Å². The Morgan fingerprint density at radius 2 is 1.95 bits per heavy atom. The second kappa shape index (κ2) is 10.7. The molecular weight excluding hydrogens is 509 g/mol. The normalized spacial score (nSPS) is 15.7. The van der Waals surface area contributed by atoms with Crippen LogP contribution >= 0.6 is 0 Å². The Bertz CT molecular complexity index is 1580. The van der Waals surface area contributed by atoms with Gasteiger partial charge in [-0.1, -0.05) is 30.3 Å². The SMILES string of the molecule is CN(C)C(=O)c1cc2c(F)c(C3=CCCN(C(=O)CCn4cccn4)C3)cc(-c3ccc(C4CNC4)cc3)c2o1. The van der Waals surface area contributed by atoms with E-state index < -0.39 is 5.82 Å². The maximum Gasteiger partial charge on any atom is 0.289 e. The van der Waals surface area contributed by atoms with Crippen LogP contribution in [0.1, 0.15) is 40.4 Å². The molecule has 0 unspecified atom stereocenters. The maximum atomic E-state index is 16.2. The standard InChI is InChI=1S/C31H32FN5O3/c1-35(2)31(39)27-16-26-29(32)24(22-5-3-12-36(19-22)28(38)10-14-37-13-4-11-34-37)15-25(30(26)40-27)21-8-6-20(7-9-21)23-17-33-18-23/h4-9,11,13,15-16,23,33H,3,10,12,14,17-19H2,1-2H3. The van der Waals surface area contributed by atoms with E-state index in [9.17, 15) is 9.59 Å². The minimum Gasteiger partial charge on any atom is -0.450 e. The molecule has 4 heterocycles. The van der Waals surface area contributed by atoms with Gasteiger partial charge >= 0.3 is 0 Å². The number of nitrogens with one attached hydrogen (secondary N) is 1. The van der Waals surface area contributed by atoms with E-state index in [2.05, 4.69) is 22.5 Å². The molecule has 4 aromatic rings. The van der Waals surface area contributed by atoms with Gasteiger partial charge in [0.05, 0.1) is 5.39 Å². The van der Waals surface area contributed by atoms with Gasteiger partial charge in [0, 0.05) is 88.7 Å². The van der Waals surface area contributed by atoms with Crippen molar-refractivity contribution in [3.8, 4) is 11.1 Å². The fourth-order valence-corrected chi connectivity index (χ4v) is 5.36. The summed E-state index contributed by atoms with van der Waals surface area (Å²) in [5.74, 6) is -0.195. The highest BCUT2D eigenvalue weighted by Gasteiger charge is 2.26. The van der Waals surface area contributed by atoms with Crippen LogP contribution in [-0.2, 0) is 11.3 Å². The third-order valence-electron chi connectivity index (χ3n) is 7.79. The molecule has 8 nitrogen and oxygen atoms in total. The summed E-state index contributed by atoms with van der Waals surface area (Å²) in [6.07, 6.45) is 6.48. The number of aromatic nitrogens is 2. The molecule has 0 saturated carbocycles. The number of carbonyl (C=O) groups is 2. The molecular formula is C31H32FN5O3. The first-order valence-corrected chi connectivity index (χ1v) is 13.6. The van der Waals surface area contributed by atoms with E-state index in [0.29, 0.717) is 55.1 Å². The zero-order valence-corrected chi connectivity index (χ0v) is 22.7. The fraction of sp³-hybridized carbons (Fsp3) is 0.323. The molecule has 2 aliphatic rings. The number of nitrogens with zero attached hydrogens (tertiary/aromatic N) is 4. The molecule has 1 fully saturated rings. The van der Waals surface area contributed by atoms with Gasteiger partial charge in [0.15, 0.2) is 5.76 Å². The first-order valence-electron chi connectivity index (χ1n) is 13.6. The number of halogens is 1. The van der Waals surface area contributed by atoms with Crippen LogP contribution in [0.2, 0.25) is 0 Å². The van der Waals surface area contributed by atoms with Crippen molar-refractivity contribution in [2.45, 2.75) is 25.3 Å². The second-order valence-corrected chi connectivity index (χ2v) is 10.7. The van der Waals surface area contributed by atoms with Gasteiger partial charge in [-0.3, -0.25) is 14.3 Å². The quantitative estimate of drug-likeness (QED) is 0.372. The fourth-order valence-electron chi connectivity index (χ4n) is 5.36. The highest BCUT2D eigenvalue weighted by atomic mass is 19.1. The minimum atomic E-state index is -0.449. The van der Waals surface area contributed by atoms with Gasteiger partial charge in [0.25, 0.3) is 5.91 Å². The molecule has 2 aliphatic heterocycles. The number of benzene rings is 2. The van der Waals surface area contributed by atoms with Crippen LogP contribution in [0.5, 0.6) is 0 Å². The lowest BCUT2D eigenvalue weighted by Crippen LogP contribution is -2.39. The van der Waals surface area contributed by atoms with Crippen LogP contribution in [0.3, 0.4) is 0 Å². The largest absolute Gasteiger partial charge is 0.450 e. The van der Waals surface area contributed by atoms with Crippen LogP contribution in [0.15, 0.2) is 65.4 Å². The first kappa shape index (κ1) is 26.0. The summed E-state index contributed by atoms with van der Waals surface area (Å²) >= 11 is 0. The zero-order chi connectivity index (χ0) is 27.8. The van der Waals surface area contributed by atoms with Gasteiger partial charge in [0.2, 0.25) is 5.91 Å². The highest BCUT2D eigenvalue weighted by molar-refractivity contribution is 6.02. The number of hydrogen-bond donors (Lipinski definition) is 1. The number of amides is 2. The molecule has 9 heteroatoms. The van der Waals surface area contributed by atoms with Crippen molar-refractivity contribution in [1.82, 2.24) is 24.9 Å². The molecule has 0 atom stereocenters. The van der Waals surface area contributed by atoms with E-state index in [0.717, 1.165) is 24.2 Å². The smallest absolute Gasteiger partial charge is 0.289 e. The molecule has 1 saturated heterocycles. The predicted octanol–water partition coefficient (Wildman–Crippen LogP) is 4.53. The topological polar surface area (TPSA) is 83.6 Å². The molecule has 6 rings (SSSR count). The zero-order valence-electron chi connectivity index (χ0n) is 22.7. The Kier molecular flexibility index (Phi) is 6.98. The molecule has 2 aromatic carbocycles. The number of fused-ring (bicyclic) bond motifs is 1. The Labute approximate surface area is 232 Å². The van der Waals surface area contributed by atoms with Crippen molar-refractivity contribution in [2.24, 2.45) is 0 Å². The number of rotatable bonds is 7. The third-order valence-corrected chi connectivity index (χ3v) is 7.79. The summed E-state index contributed by atoms with van der Waals surface area (Å²) in [5, 5.41) is 7.72. The Balaban J connectivity index is 1.36. The summed E-state index contributed by atoms with van der Waals surface area (Å²) in [6.45, 7) is 3.32. The van der Waals surface area contributed by atoms with Crippen molar-refractivity contribution in [3.05, 3.63) is 83.6 Å². The number of hydrogen-bond acceptors (Lipinski definition) is 5. The molecule has 0 bridgehead atoms. The minimum absolute atomic E-state index is 0.00561. The van der Waals surface area contributed by atoms with Gasteiger partial charge in [-0.25, -0.2) is 4.39 Å². The van der Waals surface area contributed by atoms with Crippen molar-refractivity contribution >= 4 is 28.4 Å². The number of aryl methyl sites for hydroxylation is 1. The van der Waals surface area contributed by atoms with E-state index in [1.165, 1.54) is 16.5 Å². The Morgan fingerprint density at radius 1 is 1.15 bits per heavy atom. The lowest BCUT2D eigenvalue weighted by atomic mass is 9.90. The first-order chi connectivity index (χ1) is 19.4. The molecule has 40 heavy (non-hydrogen) atoms. The summed E-state index contributed by atoms with van der Waals surface area (Å²) < 4.78 is 23.9. The van der Waals surface area contributed by atoms with Crippen LogP contribution in [0.25, 0.3) is 27.7 Å². The average molecular weight is 542 g/mol. The molecule has 0 radical (unpaired) electrons. The summed E-state index contributed by atoms with van der Waals surface area (Å²) in [7, 11) is 3.27. The van der Waals surface area contributed by atoms with Gasteiger partial charge in [0.1, 0.15) is 11.4 Å². The Morgan fingerprint density at radius 3 is 2.62 bits per heavy atom. The summed E-state index contributed by atoms with van der Waals surface area (Å²) in [5.41, 5.74) is 4.35. The van der Waals surface area contributed by atoms with E-state index in [-0.39, 0.29) is 23.0 Å². The van der Waals surface area contributed by atoms with E-state index >= 15 is 4.39 Å². The van der Waals surface area contributed by atoms with Gasteiger partial charge in [-0.05, 0) is 35.3 Å². The third kappa shape index (κ3) is 4.93. The molecule has 2 aromatic heterocycles. The van der Waals surface area contributed by atoms with Crippen molar-refractivity contribution in [3.63, 3.8) is 0 Å². The van der Waals surface area contributed by atoms with Gasteiger partial charge in [-0.2, -0.15) is 5.10 Å². The van der Waals surface area contributed by atoms with Crippen molar-refractivity contribution in [2.75, 3.05) is 40.3 Å².